The number of anilines is 1. The van der Waals surface area contributed by atoms with Crippen molar-refractivity contribution in [1.82, 2.24) is 19.7 Å². The third kappa shape index (κ3) is 3.19. The van der Waals surface area contributed by atoms with E-state index >= 15 is 0 Å². The number of rotatable bonds is 3. The van der Waals surface area contributed by atoms with Crippen molar-refractivity contribution in [1.29, 1.82) is 0 Å². The summed E-state index contributed by atoms with van der Waals surface area (Å²) in [6.07, 6.45) is 4.44. The molecule has 10 heteroatoms. The number of benzene rings is 1. The maximum absolute atomic E-state index is 12.5. The molecule has 0 bridgehead atoms. The summed E-state index contributed by atoms with van der Waals surface area (Å²) in [5.74, 6) is 0.188. The Hall–Kier alpha value is -2.75. The second-order valence-electron chi connectivity index (χ2n) is 6.34. The van der Waals surface area contributed by atoms with Crippen molar-refractivity contribution in [3.63, 3.8) is 0 Å². The zero-order chi connectivity index (χ0) is 18.1. The summed E-state index contributed by atoms with van der Waals surface area (Å²) < 4.78 is 30.3. The molecule has 1 N–H and O–H groups in total. The number of fused-ring (bicyclic) bond motifs is 1. The summed E-state index contributed by atoms with van der Waals surface area (Å²) in [4.78, 5) is 18.2. The van der Waals surface area contributed by atoms with Crippen LogP contribution in [0.3, 0.4) is 0 Å². The molecule has 2 aromatic rings. The summed E-state index contributed by atoms with van der Waals surface area (Å²) in [5, 5.41) is 7.08. The first-order chi connectivity index (χ1) is 12.5. The molecule has 136 valence electrons. The maximum Gasteiger partial charge on any atom is 0.286 e. The van der Waals surface area contributed by atoms with E-state index in [1.165, 1.54) is 23.4 Å². The Labute approximate surface area is 150 Å². The van der Waals surface area contributed by atoms with Crippen LogP contribution in [-0.4, -0.2) is 52.9 Å². The molecule has 2 aliphatic rings. The molecule has 26 heavy (non-hydrogen) atoms. The van der Waals surface area contributed by atoms with Crippen molar-refractivity contribution in [2.24, 2.45) is 10.3 Å². The third-order valence-corrected chi connectivity index (χ3v) is 5.92. The van der Waals surface area contributed by atoms with Crippen molar-refractivity contribution >= 4 is 27.5 Å². The number of hydrogen-bond donors (Lipinski definition) is 1. The molecule has 0 spiro atoms. The molecule has 1 aromatic carbocycles. The molecule has 0 saturated carbocycles. The summed E-state index contributed by atoms with van der Waals surface area (Å²) in [7, 11) is -3.72. The Morgan fingerprint density at radius 3 is 2.96 bits per heavy atom. The number of nitrogens with zero attached hydrogens (tertiary/aromatic N) is 5. The lowest BCUT2D eigenvalue weighted by atomic mass is 9.96. The Morgan fingerprint density at radius 2 is 2.15 bits per heavy atom. The van der Waals surface area contributed by atoms with Crippen molar-refractivity contribution < 1.29 is 13.2 Å². The van der Waals surface area contributed by atoms with E-state index in [0.717, 1.165) is 12.8 Å². The molecule has 1 aromatic heterocycles. The van der Waals surface area contributed by atoms with Gasteiger partial charge in [-0.2, -0.15) is 13.5 Å². The average Bonchev–Trinajstić information content (AvgIpc) is 3.14. The molecule has 0 aliphatic carbocycles. The van der Waals surface area contributed by atoms with Crippen molar-refractivity contribution in [2.45, 2.75) is 24.3 Å². The SMILES string of the molecule is O=C(Cn1cncn1)N1CCCC(C2=NS(=O)(=O)c3ccccc3N2)C1. The van der Waals surface area contributed by atoms with Crippen LogP contribution in [-0.2, 0) is 21.4 Å². The molecule has 1 unspecified atom stereocenters. The monoisotopic (exact) mass is 374 g/mol. The number of nitrogens with one attached hydrogen (secondary N) is 1. The van der Waals surface area contributed by atoms with Crippen molar-refractivity contribution in [3.8, 4) is 0 Å². The molecule has 0 radical (unpaired) electrons. The molecule has 1 atom stereocenters. The van der Waals surface area contributed by atoms with Crippen LogP contribution in [0, 0.1) is 5.92 Å². The highest BCUT2D eigenvalue weighted by atomic mass is 32.2. The van der Waals surface area contributed by atoms with E-state index < -0.39 is 10.0 Å². The zero-order valence-corrected chi connectivity index (χ0v) is 14.8. The van der Waals surface area contributed by atoms with Gasteiger partial charge in [0.1, 0.15) is 29.9 Å². The van der Waals surface area contributed by atoms with Gasteiger partial charge in [0, 0.05) is 19.0 Å². The highest BCUT2D eigenvalue weighted by molar-refractivity contribution is 7.90. The van der Waals surface area contributed by atoms with Gasteiger partial charge < -0.3 is 10.2 Å². The lowest BCUT2D eigenvalue weighted by Gasteiger charge is -2.34. The largest absolute Gasteiger partial charge is 0.342 e. The van der Waals surface area contributed by atoms with Crippen LogP contribution in [0.5, 0.6) is 0 Å². The molecule has 1 amide bonds. The second kappa shape index (κ2) is 6.52. The third-order valence-electron chi connectivity index (χ3n) is 4.57. The molecule has 1 saturated heterocycles. The van der Waals surface area contributed by atoms with Crippen LogP contribution in [0.2, 0.25) is 0 Å². The Morgan fingerprint density at radius 1 is 1.31 bits per heavy atom. The molecular formula is C16H18N6O3S. The van der Waals surface area contributed by atoms with Crippen LogP contribution in [0.15, 0.2) is 46.2 Å². The number of amides is 1. The fourth-order valence-corrected chi connectivity index (χ4v) is 4.49. The predicted octanol–water partition coefficient (Wildman–Crippen LogP) is 0.730. The van der Waals surface area contributed by atoms with Crippen LogP contribution < -0.4 is 5.32 Å². The number of para-hydroxylation sites is 1. The highest BCUT2D eigenvalue weighted by Crippen LogP contribution is 2.30. The van der Waals surface area contributed by atoms with Crippen LogP contribution in [0.4, 0.5) is 5.69 Å². The zero-order valence-electron chi connectivity index (χ0n) is 13.9. The molecule has 4 rings (SSSR count). The minimum atomic E-state index is -3.72. The topological polar surface area (TPSA) is 110 Å². The quantitative estimate of drug-likeness (QED) is 0.848. The van der Waals surface area contributed by atoms with E-state index in [1.807, 2.05) is 0 Å². The van der Waals surface area contributed by atoms with E-state index in [2.05, 4.69) is 19.8 Å². The number of piperidine rings is 1. The molecule has 9 nitrogen and oxygen atoms in total. The standard InChI is InChI=1S/C16H18N6O3S/c23-15(9-22-11-17-10-18-22)21-7-3-4-12(8-21)16-19-13-5-1-2-6-14(13)26(24,25)20-16/h1-2,5-6,10-12H,3-4,7-9H2,(H,19,20). The lowest BCUT2D eigenvalue weighted by molar-refractivity contribution is -0.133. The second-order valence-corrected chi connectivity index (χ2v) is 7.92. The van der Waals surface area contributed by atoms with Crippen LogP contribution >= 0.6 is 0 Å². The number of amidine groups is 1. The fourth-order valence-electron chi connectivity index (χ4n) is 3.29. The van der Waals surface area contributed by atoms with Crippen molar-refractivity contribution in [2.75, 3.05) is 18.4 Å². The van der Waals surface area contributed by atoms with Gasteiger partial charge in [-0.25, -0.2) is 9.67 Å². The van der Waals surface area contributed by atoms with Gasteiger partial charge in [0.15, 0.2) is 0 Å². The highest BCUT2D eigenvalue weighted by Gasteiger charge is 2.32. The summed E-state index contributed by atoms with van der Waals surface area (Å²) >= 11 is 0. The fraction of sp³-hybridized carbons (Fsp3) is 0.375. The summed E-state index contributed by atoms with van der Waals surface area (Å²) in [6.45, 7) is 1.19. The normalized spacial score (nSPS) is 21.5. The van der Waals surface area contributed by atoms with E-state index in [0.29, 0.717) is 24.6 Å². The van der Waals surface area contributed by atoms with Crippen LogP contribution in [0.25, 0.3) is 0 Å². The first-order valence-corrected chi connectivity index (χ1v) is 9.78. The first-order valence-electron chi connectivity index (χ1n) is 8.34. The van der Waals surface area contributed by atoms with Gasteiger partial charge in [0.05, 0.1) is 5.69 Å². The number of sulfonamides is 1. The maximum atomic E-state index is 12.5. The van der Waals surface area contributed by atoms with Crippen LogP contribution in [0.1, 0.15) is 12.8 Å². The molecular weight excluding hydrogens is 356 g/mol. The van der Waals surface area contributed by atoms with Crippen molar-refractivity contribution in [3.05, 3.63) is 36.9 Å². The minimum absolute atomic E-state index is 0.0696. The Kier molecular flexibility index (Phi) is 4.19. The van der Waals surface area contributed by atoms with Gasteiger partial charge in [-0.1, -0.05) is 12.1 Å². The van der Waals surface area contributed by atoms with E-state index in [1.54, 1.807) is 23.1 Å². The number of carbonyl (C=O) groups excluding carboxylic acids is 1. The lowest BCUT2D eigenvalue weighted by Crippen LogP contribution is -2.45. The van der Waals surface area contributed by atoms with E-state index in [4.69, 9.17) is 0 Å². The minimum Gasteiger partial charge on any atom is -0.342 e. The number of likely N-dealkylation sites (tertiary alicyclic amines) is 1. The van der Waals surface area contributed by atoms with Gasteiger partial charge >= 0.3 is 0 Å². The number of aromatic nitrogens is 3. The average molecular weight is 374 g/mol. The Bertz CT molecular complexity index is 954. The van der Waals surface area contributed by atoms with Gasteiger partial charge in [-0.05, 0) is 25.0 Å². The predicted molar refractivity (Wildman–Crippen MR) is 94.0 cm³/mol. The smallest absolute Gasteiger partial charge is 0.286 e. The molecule has 2 aliphatic heterocycles. The van der Waals surface area contributed by atoms with Gasteiger partial charge in [-0.3, -0.25) is 4.79 Å². The summed E-state index contributed by atoms with van der Waals surface area (Å²) in [6, 6.07) is 6.70. The van der Waals surface area contributed by atoms with Gasteiger partial charge in [-0.15, -0.1) is 4.40 Å². The summed E-state index contributed by atoms with van der Waals surface area (Å²) in [5.41, 5.74) is 0.531. The van der Waals surface area contributed by atoms with E-state index in [-0.39, 0.29) is 23.3 Å². The number of hydrogen-bond acceptors (Lipinski definition) is 6. The Balaban J connectivity index is 1.52. The van der Waals surface area contributed by atoms with Gasteiger partial charge in [0.2, 0.25) is 5.91 Å². The number of carbonyl (C=O) groups is 1. The molecule has 1 fully saturated rings. The first kappa shape index (κ1) is 16.7. The van der Waals surface area contributed by atoms with Gasteiger partial charge in [0.25, 0.3) is 10.0 Å². The van der Waals surface area contributed by atoms with E-state index in [9.17, 15) is 13.2 Å². The molecule has 3 heterocycles.